The lowest BCUT2D eigenvalue weighted by atomic mass is 9.89. The maximum Gasteiger partial charge on any atom is 0.325 e. The summed E-state index contributed by atoms with van der Waals surface area (Å²) in [6.07, 6.45) is 0. The summed E-state index contributed by atoms with van der Waals surface area (Å²) < 4.78 is 0. The van der Waals surface area contributed by atoms with Crippen LogP contribution in [0.4, 0.5) is 4.79 Å². The molecule has 1 aliphatic heterocycles. The lowest BCUT2D eigenvalue weighted by molar-refractivity contribution is -0.136. The highest BCUT2D eigenvalue weighted by Crippen LogP contribution is 2.33. The van der Waals surface area contributed by atoms with Crippen LogP contribution in [0.25, 0.3) is 0 Å². The van der Waals surface area contributed by atoms with Gasteiger partial charge in [0.2, 0.25) is 0 Å². The molecular formula is C16H19ClN2O3. The number of carbonyl (C=O) groups is 3. The topological polar surface area (TPSA) is 66.5 Å². The fraction of sp³-hybridized carbons (Fsp3) is 0.438. The average Bonchev–Trinajstić information content (AvgIpc) is 2.62. The SMILES string of the molecule is CC(C)(C)C(=O)CN1C(=O)N[C@](C)(c2ccccc2Cl)C1=O. The molecule has 0 radical (unpaired) electrons. The van der Waals surface area contributed by atoms with Gasteiger partial charge in [-0.2, -0.15) is 0 Å². The molecule has 118 valence electrons. The Kier molecular flexibility index (Phi) is 4.04. The number of benzene rings is 1. The molecule has 0 aromatic heterocycles. The van der Waals surface area contributed by atoms with E-state index in [9.17, 15) is 14.4 Å². The quantitative estimate of drug-likeness (QED) is 0.870. The van der Waals surface area contributed by atoms with E-state index in [1.807, 2.05) is 0 Å². The third kappa shape index (κ3) is 2.73. The lowest BCUT2D eigenvalue weighted by Gasteiger charge is -2.24. The number of halogens is 1. The highest BCUT2D eigenvalue weighted by atomic mass is 35.5. The zero-order chi connectivity index (χ0) is 16.7. The number of ketones is 1. The van der Waals surface area contributed by atoms with Gasteiger partial charge in [-0.3, -0.25) is 14.5 Å². The number of carbonyl (C=O) groups excluding carboxylic acids is 3. The van der Waals surface area contributed by atoms with Gasteiger partial charge in [-0.25, -0.2) is 4.79 Å². The van der Waals surface area contributed by atoms with Gasteiger partial charge in [-0.1, -0.05) is 50.6 Å². The molecule has 5 nitrogen and oxygen atoms in total. The van der Waals surface area contributed by atoms with E-state index in [0.717, 1.165) is 4.90 Å². The largest absolute Gasteiger partial charge is 0.325 e. The van der Waals surface area contributed by atoms with E-state index in [1.165, 1.54) is 0 Å². The highest BCUT2D eigenvalue weighted by Gasteiger charge is 2.50. The molecule has 1 atom stereocenters. The maximum atomic E-state index is 12.7. The molecule has 0 bridgehead atoms. The molecule has 0 unspecified atom stereocenters. The summed E-state index contributed by atoms with van der Waals surface area (Å²) in [6, 6.07) is 6.26. The third-order valence-electron chi connectivity index (χ3n) is 3.83. The van der Waals surface area contributed by atoms with Crippen LogP contribution >= 0.6 is 11.6 Å². The number of nitrogens with one attached hydrogen (secondary N) is 1. The Morgan fingerprint density at radius 3 is 2.41 bits per heavy atom. The van der Waals surface area contributed by atoms with Gasteiger partial charge in [0.25, 0.3) is 5.91 Å². The van der Waals surface area contributed by atoms with Crippen LogP contribution in [0.15, 0.2) is 24.3 Å². The molecular weight excluding hydrogens is 304 g/mol. The van der Waals surface area contributed by atoms with Crippen LogP contribution in [0.1, 0.15) is 33.3 Å². The normalized spacial score (nSPS) is 22.0. The predicted molar refractivity (Wildman–Crippen MR) is 83.5 cm³/mol. The first-order valence-corrected chi connectivity index (χ1v) is 7.37. The molecule has 1 saturated heterocycles. The van der Waals surface area contributed by atoms with Crippen molar-refractivity contribution in [3.05, 3.63) is 34.9 Å². The summed E-state index contributed by atoms with van der Waals surface area (Å²) in [5, 5.41) is 3.04. The van der Waals surface area contributed by atoms with E-state index in [0.29, 0.717) is 10.6 Å². The van der Waals surface area contributed by atoms with Gasteiger partial charge in [0, 0.05) is 16.0 Å². The summed E-state index contributed by atoms with van der Waals surface area (Å²) in [7, 11) is 0. The molecule has 1 fully saturated rings. The van der Waals surface area contributed by atoms with Crippen molar-refractivity contribution in [3.8, 4) is 0 Å². The number of urea groups is 1. The summed E-state index contributed by atoms with van der Waals surface area (Å²) in [6.45, 7) is 6.60. The Labute approximate surface area is 134 Å². The summed E-state index contributed by atoms with van der Waals surface area (Å²) >= 11 is 6.14. The Morgan fingerprint density at radius 1 is 1.27 bits per heavy atom. The summed E-state index contributed by atoms with van der Waals surface area (Å²) in [5.74, 6) is -0.650. The number of Topliss-reactive ketones (excluding diaryl/α,β-unsaturated/α-hetero) is 1. The first-order chi connectivity index (χ1) is 10.1. The fourth-order valence-corrected chi connectivity index (χ4v) is 2.60. The standard InChI is InChI=1S/C16H19ClN2O3/c1-15(2,3)12(20)9-19-13(21)16(4,18-14(19)22)10-7-5-6-8-11(10)17/h5-8H,9H2,1-4H3,(H,18,22)/t16-/m1/s1. The second-order valence-corrected chi connectivity index (χ2v) is 7.01. The second-order valence-electron chi connectivity index (χ2n) is 6.60. The molecule has 1 N–H and O–H groups in total. The summed E-state index contributed by atoms with van der Waals surface area (Å²) in [4.78, 5) is 37.9. The molecule has 6 heteroatoms. The molecule has 2 rings (SSSR count). The molecule has 1 aromatic carbocycles. The monoisotopic (exact) mass is 322 g/mol. The van der Waals surface area contributed by atoms with E-state index in [4.69, 9.17) is 11.6 Å². The van der Waals surface area contributed by atoms with Crippen molar-refractivity contribution >= 4 is 29.3 Å². The molecule has 0 aliphatic carbocycles. The number of amides is 3. The van der Waals surface area contributed by atoms with Crippen LogP contribution in [0.5, 0.6) is 0 Å². The first-order valence-electron chi connectivity index (χ1n) is 7.00. The van der Waals surface area contributed by atoms with Crippen molar-refractivity contribution in [2.24, 2.45) is 5.41 Å². The van der Waals surface area contributed by atoms with Crippen LogP contribution in [0, 0.1) is 5.41 Å². The van der Waals surface area contributed by atoms with Crippen molar-refractivity contribution in [3.63, 3.8) is 0 Å². The predicted octanol–water partition coefficient (Wildman–Crippen LogP) is 2.72. The van der Waals surface area contributed by atoms with E-state index >= 15 is 0 Å². The summed E-state index contributed by atoms with van der Waals surface area (Å²) in [5.41, 5.74) is -1.36. The number of nitrogens with zero attached hydrogens (tertiary/aromatic N) is 1. The van der Waals surface area contributed by atoms with E-state index in [-0.39, 0.29) is 12.3 Å². The van der Waals surface area contributed by atoms with Crippen LogP contribution in [0.2, 0.25) is 5.02 Å². The van der Waals surface area contributed by atoms with Crippen molar-refractivity contribution in [1.82, 2.24) is 10.2 Å². The molecule has 3 amide bonds. The molecule has 1 aromatic rings. The van der Waals surface area contributed by atoms with Crippen LogP contribution in [-0.2, 0) is 15.1 Å². The smallest absolute Gasteiger partial charge is 0.319 e. The zero-order valence-corrected chi connectivity index (χ0v) is 13.8. The minimum Gasteiger partial charge on any atom is -0.319 e. The van der Waals surface area contributed by atoms with Gasteiger partial charge in [0.05, 0.1) is 6.54 Å². The van der Waals surface area contributed by atoms with Crippen LogP contribution in [-0.4, -0.2) is 29.2 Å². The lowest BCUT2D eigenvalue weighted by Crippen LogP contribution is -2.43. The molecule has 22 heavy (non-hydrogen) atoms. The van der Waals surface area contributed by atoms with Crippen LogP contribution < -0.4 is 5.32 Å². The first kappa shape index (κ1) is 16.5. The van der Waals surface area contributed by atoms with Crippen molar-refractivity contribution in [2.75, 3.05) is 6.54 Å². The number of hydrogen-bond donors (Lipinski definition) is 1. The second kappa shape index (κ2) is 5.39. The van der Waals surface area contributed by atoms with E-state index in [2.05, 4.69) is 5.32 Å². The van der Waals surface area contributed by atoms with Crippen LogP contribution in [0.3, 0.4) is 0 Å². The number of imide groups is 1. The maximum absolute atomic E-state index is 12.7. The Balaban J connectivity index is 2.33. The Bertz CT molecular complexity index is 651. The van der Waals surface area contributed by atoms with Crippen molar-refractivity contribution in [2.45, 2.75) is 33.2 Å². The van der Waals surface area contributed by atoms with E-state index in [1.54, 1.807) is 52.0 Å². The third-order valence-corrected chi connectivity index (χ3v) is 4.16. The minimum atomic E-state index is -1.26. The molecule has 0 spiro atoms. The minimum absolute atomic E-state index is 0.181. The molecule has 1 aliphatic rings. The van der Waals surface area contributed by atoms with Gasteiger partial charge in [-0.15, -0.1) is 0 Å². The average molecular weight is 323 g/mol. The highest BCUT2D eigenvalue weighted by molar-refractivity contribution is 6.32. The van der Waals surface area contributed by atoms with Crippen molar-refractivity contribution < 1.29 is 14.4 Å². The number of hydrogen-bond acceptors (Lipinski definition) is 3. The van der Waals surface area contributed by atoms with Gasteiger partial charge in [-0.05, 0) is 13.0 Å². The fourth-order valence-electron chi connectivity index (χ4n) is 2.27. The molecule has 0 saturated carbocycles. The zero-order valence-electron chi connectivity index (χ0n) is 13.1. The Hall–Kier alpha value is -1.88. The van der Waals surface area contributed by atoms with Gasteiger partial charge in [0.15, 0.2) is 5.78 Å². The Morgan fingerprint density at radius 2 is 1.86 bits per heavy atom. The van der Waals surface area contributed by atoms with Gasteiger partial charge >= 0.3 is 6.03 Å². The van der Waals surface area contributed by atoms with E-state index < -0.39 is 22.9 Å². The van der Waals surface area contributed by atoms with Gasteiger partial charge in [0.1, 0.15) is 5.54 Å². The number of rotatable bonds is 3. The van der Waals surface area contributed by atoms with Gasteiger partial charge < -0.3 is 5.32 Å². The van der Waals surface area contributed by atoms with Crippen molar-refractivity contribution in [1.29, 1.82) is 0 Å². The molecule has 1 heterocycles.